The second kappa shape index (κ2) is 12.3. The van der Waals surface area contributed by atoms with Crippen molar-refractivity contribution in [3.05, 3.63) is 28.8 Å². The Morgan fingerprint density at radius 3 is 2.28 bits per heavy atom. The van der Waals surface area contributed by atoms with Gasteiger partial charge < -0.3 is 4.74 Å². The fraction of sp³-hybridized carbons (Fsp3) is 0.760. The van der Waals surface area contributed by atoms with E-state index in [-0.39, 0.29) is 8.80 Å². The van der Waals surface area contributed by atoms with Gasteiger partial charge in [-0.25, -0.2) is 4.39 Å². The Morgan fingerprint density at radius 2 is 1.66 bits per heavy atom. The molecule has 0 amide bonds. The van der Waals surface area contributed by atoms with Crippen LogP contribution in [0.1, 0.15) is 89.0 Å². The van der Waals surface area contributed by atoms with E-state index >= 15 is 0 Å². The number of rotatable bonds is 10. The molecule has 0 aromatic heterocycles. The van der Waals surface area contributed by atoms with Crippen LogP contribution in [0.2, 0.25) is 23.2 Å². The molecule has 1 heterocycles. The highest BCUT2D eigenvalue weighted by molar-refractivity contribution is 6.58. The molecule has 1 aromatic rings. The lowest BCUT2D eigenvalue weighted by atomic mass is 9.76. The van der Waals surface area contributed by atoms with Gasteiger partial charge in [0.25, 0.3) is 0 Å². The van der Waals surface area contributed by atoms with Gasteiger partial charge in [0.05, 0.1) is 0 Å². The first kappa shape index (κ1) is 23.1. The second-order valence-corrected chi connectivity index (χ2v) is 13.5. The zero-order valence-electron chi connectivity index (χ0n) is 18.3. The maximum absolute atomic E-state index is 12.7. The molecule has 0 radical (unpaired) electrons. The van der Waals surface area contributed by atoms with Crippen LogP contribution in [0.25, 0.3) is 0 Å². The number of benzene rings is 1. The summed E-state index contributed by atoms with van der Waals surface area (Å²) in [5, 5.41) is 0.618. The van der Waals surface area contributed by atoms with Gasteiger partial charge in [0.2, 0.25) is 6.86 Å². The average Bonchev–Trinajstić information content (AvgIpc) is 2.74. The van der Waals surface area contributed by atoms with Gasteiger partial charge in [-0.3, -0.25) is 0 Å². The summed E-state index contributed by atoms with van der Waals surface area (Å²) in [6, 6.07) is 10.6. The SMILES string of the molecule is CCC[SiH]1CCC(CCCC[C@H]2CC[C@H](c3ccc(Cl)cc3OCF)CC2)CC1. The monoisotopic (exact) mass is 438 g/mol. The largest absolute Gasteiger partial charge is 0.463 e. The molecule has 2 aliphatic rings. The number of hydrogen-bond acceptors (Lipinski definition) is 1. The van der Waals surface area contributed by atoms with Gasteiger partial charge in [0, 0.05) is 13.8 Å². The van der Waals surface area contributed by atoms with Crippen LogP contribution in [0.5, 0.6) is 5.75 Å². The summed E-state index contributed by atoms with van der Waals surface area (Å²) in [5.74, 6) is 3.06. The summed E-state index contributed by atoms with van der Waals surface area (Å²) in [4.78, 5) is 0. The number of alkyl halides is 1. The van der Waals surface area contributed by atoms with E-state index in [4.69, 9.17) is 16.3 Å². The first-order valence-corrected chi connectivity index (χ1v) is 15.0. The molecular weight excluding hydrogens is 399 g/mol. The van der Waals surface area contributed by atoms with Crippen LogP contribution in [0, 0.1) is 11.8 Å². The number of halogens is 2. The first-order chi connectivity index (χ1) is 14.2. The predicted octanol–water partition coefficient (Wildman–Crippen LogP) is 8.53. The Balaban J connectivity index is 1.33. The van der Waals surface area contributed by atoms with Crippen molar-refractivity contribution in [1.29, 1.82) is 0 Å². The molecule has 1 aliphatic carbocycles. The van der Waals surface area contributed by atoms with Gasteiger partial charge >= 0.3 is 0 Å². The van der Waals surface area contributed by atoms with Gasteiger partial charge in [-0.1, -0.05) is 87.7 Å². The van der Waals surface area contributed by atoms with Gasteiger partial charge in [-0.2, -0.15) is 0 Å². The van der Waals surface area contributed by atoms with Crippen molar-refractivity contribution in [2.45, 2.75) is 102 Å². The maximum Gasteiger partial charge on any atom is 0.228 e. The zero-order valence-corrected chi connectivity index (χ0v) is 20.2. The summed E-state index contributed by atoms with van der Waals surface area (Å²) < 4.78 is 17.9. The Labute approximate surface area is 184 Å². The molecular formula is C25H40ClFOSi. The third-order valence-corrected chi connectivity index (χ3v) is 11.5. The molecule has 1 aromatic carbocycles. The highest BCUT2D eigenvalue weighted by Gasteiger charge is 2.25. The van der Waals surface area contributed by atoms with E-state index in [1.807, 2.05) is 12.1 Å². The van der Waals surface area contributed by atoms with Crippen molar-refractivity contribution in [2.75, 3.05) is 6.86 Å². The zero-order chi connectivity index (χ0) is 20.5. The molecule has 1 saturated carbocycles. The fourth-order valence-electron chi connectivity index (χ4n) is 5.87. The van der Waals surface area contributed by atoms with E-state index in [0.717, 1.165) is 17.4 Å². The van der Waals surface area contributed by atoms with Gasteiger partial charge in [0.1, 0.15) is 5.75 Å². The Bertz CT molecular complexity index is 594. The third-order valence-electron chi connectivity index (χ3n) is 7.61. The average molecular weight is 439 g/mol. The molecule has 1 aliphatic heterocycles. The molecule has 0 spiro atoms. The maximum atomic E-state index is 12.7. The summed E-state index contributed by atoms with van der Waals surface area (Å²) in [6.45, 7) is 1.57. The van der Waals surface area contributed by atoms with Gasteiger partial charge in [0.15, 0.2) is 0 Å². The Hall–Kier alpha value is -0.543. The van der Waals surface area contributed by atoms with E-state index in [9.17, 15) is 4.39 Å². The van der Waals surface area contributed by atoms with E-state index in [0.29, 0.717) is 16.7 Å². The van der Waals surface area contributed by atoms with Gasteiger partial charge in [-0.15, -0.1) is 0 Å². The molecule has 4 heteroatoms. The van der Waals surface area contributed by atoms with Crippen molar-refractivity contribution in [1.82, 2.24) is 0 Å². The number of hydrogen-bond donors (Lipinski definition) is 0. The van der Waals surface area contributed by atoms with Crippen LogP contribution < -0.4 is 4.74 Å². The van der Waals surface area contributed by atoms with Crippen LogP contribution in [0.4, 0.5) is 4.39 Å². The predicted molar refractivity (Wildman–Crippen MR) is 126 cm³/mol. The second-order valence-electron chi connectivity index (χ2n) is 9.61. The van der Waals surface area contributed by atoms with Crippen molar-refractivity contribution in [3.63, 3.8) is 0 Å². The van der Waals surface area contributed by atoms with E-state index in [1.54, 1.807) is 37.0 Å². The van der Waals surface area contributed by atoms with Crippen molar-refractivity contribution >= 4 is 20.4 Å². The minimum atomic E-state index is -0.787. The van der Waals surface area contributed by atoms with Crippen molar-refractivity contribution in [3.8, 4) is 5.75 Å². The third kappa shape index (κ3) is 7.27. The number of unbranched alkanes of at least 4 members (excludes halogenated alkanes) is 1. The highest BCUT2D eigenvalue weighted by atomic mass is 35.5. The molecule has 3 rings (SSSR count). The lowest BCUT2D eigenvalue weighted by Crippen LogP contribution is -2.21. The number of ether oxygens (including phenoxy) is 1. The summed E-state index contributed by atoms with van der Waals surface area (Å²) in [7, 11) is -0.310. The van der Waals surface area contributed by atoms with E-state index in [1.165, 1.54) is 57.8 Å². The normalized spacial score (nSPS) is 27.7. The minimum Gasteiger partial charge on any atom is -0.463 e. The Morgan fingerprint density at radius 1 is 1.00 bits per heavy atom. The topological polar surface area (TPSA) is 9.23 Å². The molecule has 0 atom stereocenters. The molecule has 1 saturated heterocycles. The smallest absolute Gasteiger partial charge is 0.228 e. The van der Waals surface area contributed by atoms with Crippen LogP contribution >= 0.6 is 11.6 Å². The summed E-state index contributed by atoms with van der Waals surface area (Å²) in [5.41, 5.74) is 1.15. The van der Waals surface area contributed by atoms with E-state index in [2.05, 4.69) is 6.92 Å². The van der Waals surface area contributed by atoms with Crippen molar-refractivity contribution < 1.29 is 9.13 Å². The van der Waals surface area contributed by atoms with E-state index < -0.39 is 6.86 Å². The molecule has 29 heavy (non-hydrogen) atoms. The summed E-state index contributed by atoms with van der Waals surface area (Å²) >= 11 is 6.06. The quantitative estimate of drug-likeness (QED) is 0.262. The van der Waals surface area contributed by atoms with Crippen LogP contribution in [0.15, 0.2) is 18.2 Å². The fourth-order valence-corrected chi connectivity index (χ4v) is 9.60. The molecule has 1 nitrogen and oxygen atoms in total. The van der Waals surface area contributed by atoms with Gasteiger partial charge in [-0.05, 0) is 61.1 Å². The standard InChI is InChI=1S/C25H40ClFOSi/c1-2-15-29-16-13-21(14-17-29)6-4-3-5-20-7-9-22(10-8-20)24-12-11-23(26)18-25(24)28-19-27/h11-12,18,20-22,29H,2-10,13-17,19H2,1H3/t20-,21?,22-,29?. The molecule has 0 unspecified atom stereocenters. The lowest BCUT2D eigenvalue weighted by molar-refractivity contribution is 0.187. The lowest BCUT2D eigenvalue weighted by Gasteiger charge is -2.30. The summed E-state index contributed by atoms with van der Waals surface area (Å²) in [6.07, 6.45) is 15.3. The first-order valence-electron chi connectivity index (χ1n) is 12.2. The molecule has 0 bridgehead atoms. The minimum absolute atomic E-state index is 0.310. The molecule has 2 fully saturated rings. The van der Waals surface area contributed by atoms with Crippen LogP contribution in [-0.2, 0) is 0 Å². The Kier molecular flexibility index (Phi) is 9.84. The van der Waals surface area contributed by atoms with Crippen LogP contribution in [0.3, 0.4) is 0 Å². The van der Waals surface area contributed by atoms with Crippen LogP contribution in [-0.4, -0.2) is 15.7 Å². The molecule has 0 N–H and O–H groups in total. The van der Waals surface area contributed by atoms with Crippen molar-refractivity contribution in [2.24, 2.45) is 11.8 Å². The highest BCUT2D eigenvalue weighted by Crippen LogP contribution is 2.42. The molecule has 164 valence electrons.